The zero-order valence-electron chi connectivity index (χ0n) is 35.6. The van der Waals surface area contributed by atoms with Crippen molar-refractivity contribution in [2.75, 3.05) is 0 Å². The van der Waals surface area contributed by atoms with Gasteiger partial charge in [0.15, 0.2) is 28.5 Å². The smallest absolute Gasteiger partial charge is 0.249 e. The number of imidazole rings is 1. The summed E-state index contributed by atoms with van der Waals surface area (Å²) in [5.41, 5.74) is 13.5. The Morgan fingerprint density at radius 1 is 0.476 bits per heavy atom. The second-order valence-corrected chi connectivity index (χ2v) is 17.1. The van der Waals surface area contributed by atoms with Crippen molar-refractivity contribution < 1.29 is 4.57 Å². The molecule has 0 unspecified atom stereocenters. The van der Waals surface area contributed by atoms with Gasteiger partial charge in [0, 0.05) is 33.7 Å². The van der Waals surface area contributed by atoms with Crippen LogP contribution in [0.25, 0.3) is 101 Å². The third-order valence-electron chi connectivity index (χ3n) is 12.1. The summed E-state index contributed by atoms with van der Waals surface area (Å²) < 4.78 is 6.64. The molecule has 0 aliphatic rings. The molecule has 4 aromatic heterocycles. The number of nitrogens with zero attached hydrogens (tertiary/aromatic N) is 7. The first-order valence-electron chi connectivity index (χ1n) is 21.4. The highest BCUT2D eigenvalue weighted by atomic mass is 15.1. The first kappa shape index (κ1) is 37.9. The summed E-state index contributed by atoms with van der Waals surface area (Å²) in [4.78, 5) is 21.2. The Labute approximate surface area is 366 Å². The molecule has 0 aliphatic heterocycles. The molecule has 0 saturated carbocycles. The van der Waals surface area contributed by atoms with E-state index in [9.17, 15) is 0 Å². The second kappa shape index (κ2) is 15.2. The van der Waals surface area contributed by atoms with Gasteiger partial charge in [-0.2, -0.15) is 4.57 Å². The van der Waals surface area contributed by atoms with Crippen LogP contribution in [0.3, 0.4) is 0 Å². The molecular weight excluding hydrogens is 771 g/mol. The number of pyridine rings is 1. The topological polar surface area (TPSA) is 65.3 Å². The van der Waals surface area contributed by atoms with Crippen molar-refractivity contribution >= 4 is 32.8 Å². The normalized spacial score (nSPS) is 11.8. The summed E-state index contributed by atoms with van der Waals surface area (Å²) in [7, 11) is 2.08. The van der Waals surface area contributed by atoms with Crippen LogP contribution in [-0.4, -0.2) is 29.1 Å². The predicted molar refractivity (Wildman–Crippen MR) is 256 cm³/mol. The van der Waals surface area contributed by atoms with Crippen LogP contribution in [0.15, 0.2) is 195 Å². The van der Waals surface area contributed by atoms with Crippen molar-refractivity contribution in [2.24, 2.45) is 7.05 Å². The maximum Gasteiger partial charge on any atom is 0.249 e. The third kappa shape index (κ3) is 6.75. The van der Waals surface area contributed by atoms with Gasteiger partial charge in [-0.05, 0) is 81.8 Å². The molecule has 0 saturated heterocycles. The second-order valence-electron chi connectivity index (χ2n) is 17.1. The maximum atomic E-state index is 5.45. The van der Waals surface area contributed by atoms with Gasteiger partial charge in [0.05, 0.1) is 18.1 Å². The molecule has 0 amide bonds. The van der Waals surface area contributed by atoms with E-state index in [-0.39, 0.29) is 5.41 Å². The number of para-hydroxylation sites is 3. The molecule has 0 aliphatic carbocycles. The minimum atomic E-state index is -0.0443. The first-order valence-corrected chi connectivity index (χ1v) is 21.4. The molecule has 7 heteroatoms. The van der Waals surface area contributed by atoms with E-state index >= 15 is 0 Å². The molecule has 0 bridgehead atoms. The number of rotatable bonds is 7. The van der Waals surface area contributed by atoms with Crippen molar-refractivity contribution in [3.63, 3.8) is 0 Å². The fourth-order valence-corrected chi connectivity index (χ4v) is 8.88. The minimum Gasteiger partial charge on any atom is -0.294 e. The highest BCUT2D eigenvalue weighted by Gasteiger charge is 2.23. The van der Waals surface area contributed by atoms with Gasteiger partial charge < -0.3 is 0 Å². The number of hydrogen-bond acceptors (Lipinski definition) is 4. The molecule has 302 valence electrons. The summed E-state index contributed by atoms with van der Waals surface area (Å²) in [6, 6.07) is 63.8. The van der Waals surface area contributed by atoms with Crippen LogP contribution in [-0.2, 0) is 12.5 Å². The average molecular weight is 815 g/mol. The molecule has 7 nitrogen and oxygen atoms in total. The third-order valence-corrected chi connectivity index (χ3v) is 12.1. The lowest BCUT2D eigenvalue weighted by molar-refractivity contribution is -0.645. The number of fused-ring (bicyclic) bond motifs is 4. The highest BCUT2D eigenvalue weighted by Crippen LogP contribution is 2.41. The Kier molecular flexibility index (Phi) is 9.12. The Bertz CT molecular complexity index is 3450. The van der Waals surface area contributed by atoms with E-state index in [2.05, 4.69) is 230 Å². The lowest BCUT2D eigenvalue weighted by atomic mass is 9.88. The van der Waals surface area contributed by atoms with E-state index < -0.39 is 0 Å². The molecule has 0 spiro atoms. The molecule has 63 heavy (non-hydrogen) atoms. The van der Waals surface area contributed by atoms with Gasteiger partial charge in [-0.15, -0.1) is 0 Å². The Balaban J connectivity index is 1.18. The highest BCUT2D eigenvalue weighted by molar-refractivity contribution is 6.10. The van der Waals surface area contributed by atoms with Crippen molar-refractivity contribution in [3.8, 4) is 67.9 Å². The fourth-order valence-electron chi connectivity index (χ4n) is 8.88. The van der Waals surface area contributed by atoms with Crippen LogP contribution in [0, 0.1) is 0 Å². The zero-order chi connectivity index (χ0) is 42.7. The quantitative estimate of drug-likeness (QED) is 0.150. The Hall–Kier alpha value is -8.03. The number of aromatic nitrogens is 7. The Morgan fingerprint density at radius 2 is 1.06 bits per heavy atom. The Morgan fingerprint density at radius 3 is 1.78 bits per heavy atom. The molecular formula is C56H44N7+. The summed E-state index contributed by atoms with van der Waals surface area (Å²) in [5, 5.41) is 2.29. The van der Waals surface area contributed by atoms with Crippen LogP contribution >= 0.6 is 0 Å². The standard InChI is InChI=1S/C56H44N7/c1-56(2,3)41-31-32-57-51(35-41)63-47-26-12-11-23-45(47)46-30-29-40(34-50(46)63)54-58-53(39-21-15-22-42(33-39)62-36-61(4)48-27-13-14-28-49(48)62)59-55(60-54)52-43(37-17-7-5-8-18-37)24-16-25-44(52)38-19-9-6-10-20-38/h5-36H,1-4H3/q+1. The molecule has 0 radical (unpaired) electrons. The van der Waals surface area contributed by atoms with Gasteiger partial charge in [0.2, 0.25) is 6.33 Å². The van der Waals surface area contributed by atoms with Gasteiger partial charge in [-0.1, -0.05) is 154 Å². The summed E-state index contributed by atoms with van der Waals surface area (Å²) in [6.45, 7) is 6.71. The zero-order valence-corrected chi connectivity index (χ0v) is 35.6. The molecule has 0 N–H and O–H groups in total. The monoisotopic (exact) mass is 814 g/mol. The lowest BCUT2D eigenvalue weighted by Crippen LogP contribution is -2.25. The average Bonchev–Trinajstić information content (AvgIpc) is 3.85. The SMILES string of the molecule is C[n+]1cn(-c2cccc(-c3nc(-c4ccc5c6ccccc6n(-c6cc(C(C)(C)C)ccn6)c5c4)nc(-c4c(-c5ccccc5)cccc4-c4ccccc4)n3)c2)c2ccccc21. The van der Waals surface area contributed by atoms with Crippen LogP contribution in [0.1, 0.15) is 26.3 Å². The van der Waals surface area contributed by atoms with Crippen molar-refractivity contribution in [1.29, 1.82) is 0 Å². The van der Waals surface area contributed by atoms with Gasteiger partial charge >= 0.3 is 0 Å². The van der Waals surface area contributed by atoms with E-state index in [0.29, 0.717) is 17.5 Å². The van der Waals surface area contributed by atoms with E-state index in [0.717, 1.165) is 83.3 Å². The molecule has 11 rings (SSSR count). The van der Waals surface area contributed by atoms with Crippen LogP contribution < -0.4 is 4.57 Å². The van der Waals surface area contributed by atoms with Crippen molar-refractivity contribution in [3.05, 3.63) is 200 Å². The molecule has 0 fully saturated rings. The molecule has 7 aromatic carbocycles. The van der Waals surface area contributed by atoms with E-state index in [1.807, 2.05) is 6.20 Å². The largest absolute Gasteiger partial charge is 0.294 e. The van der Waals surface area contributed by atoms with Crippen molar-refractivity contribution in [1.82, 2.24) is 29.1 Å². The van der Waals surface area contributed by atoms with E-state index in [1.165, 1.54) is 5.56 Å². The van der Waals surface area contributed by atoms with Crippen molar-refractivity contribution in [2.45, 2.75) is 26.2 Å². The fraction of sp³-hybridized carbons (Fsp3) is 0.0893. The van der Waals surface area contributed by atoms with Gasteiger partial charge in [-0.25, -0.2) is 24.5 Å². The van der Waals surface area contributed by atoms with Gasteiger partial charge in [-0.3, -0.25) is 4.57 Å². The molecule has 0 atom stereocenters. The van der Waals surface area contributed by atoms with Crippen LogP contribution in [0.2, 0.25) is 0 Å². The number of aryl methyl sites for hydroxylation is 1. The summed E-state index contributed by atoms with van der Waals surface area (Å²) in [6.07, 6.45) is 4.04. The summed E-state index contributed by atoms with van der Waals surface area (Å²) >= 11 is 0. The van der Waals surface area contributed by atoms with Gasteiger partial charge in [0.25, 0.3) is 0 Å². The number of benzene rings is 7. The maximum absolute atomic E-state index is 5.45. The van der Waals surface area contributed by atoms with Crippen LogP contribution in [0.4, 0.5) is 0 Å². The van der Waals surface area contributed by atoms with Crippen LogP contribution in [0.5, 0.6) is 0 Å². The first-order chi connectivity index (χ1) is 30.8. The molecule has 4 heterocycles. The van der Waals surface area contributed by atoms with E-state index in [1.54, 1.807) is 0 Å². The van der Waals surface area contributed by atoms with E-state index in [4.69, 9.17) is 19.9 Å². The number of hydrogen-bond donors (Lipinski definition) is 0. The lowest BCUT2D eigenvalue weighted by Gasteiger charge is -2.20. The predicted octanol–water partition coefficient (Wildman–Crippen LogP) is 12.8. The minimum absolute atomic E-state index is 0.0443. The summed E-state index contributed by atoms with van der Waals surface area (Å²) in [5.74, 6) is 2.63. The van der Waals surface area contributed by atoms with Gasteiger partial charge in [0.1, 0.15) is 11.5 Å². The molecule has 11 aromatic rings.